The molecule has 2 aromatic carbocycles. The molecule has 10 heteroatoms. The van der Waals surface area contributed by atoms with E-state index in [1.165, 1.54) is 12.1 Å². The number of carbonyl (C=O) groups is 1. The SMILES string of the molecule is CNc1ncc(-c2nccc(Nc3cc(NC(=O)c4cc(F)cc(C(C)(C)C#N)c4)ccc3C)n2)cn1. The lowest BCUT2D eigenvalue weighted by Crippen LogP contribution is -2.18. The Bertz CT molecular complexity index is 1500. The second-order valence-corrected chi connectivity index (χ2v) is 8.89. The maximum absolute atomic E-state index is 14.2. The molecule has 4 rings (SSSR count). The van der Waals surface area contributed by atoms with Gasteiger partial charge in [-0.25, -0.2) is 24.3 Å². The molecule has 9 nitrogen and oxygen atoms in total. The summed E-state index contributed by atoms with van der Waals surface area (Å²) in [6, 6.07) is 13.2. The maximum Gasteiger partial charge on any atom is 0.255 e. The molecule has 0 aliphatic rings. The van der Waals surface area contributed by atoms with E-state index in [2.05, 4.69) is 42.0 Å². The van der Waals surface area contributed by atoms with Gasteiger partial charge in [0, 0.05) is 42.6 Å². The number of halogens is 1. The van der Waals surface area contributed by atoms with Gasteiger partial charge in [-0.1, -0.05) is 6.07 Å². The van der Waals surface area contributed by atoms with E-state index in [4.69, 9.17) is 0 Å². The summed E-state index contributed by atoms with van der Waals surface area (Å²) in [6.07, 6.45) is 4.89. The van der Waals surface area contributed by atoms with Crippen molar-refractivity contribution in [2.45, 2.75) is 26.2 Å². The van der Waals surface area contributed by atoms with Crippen LogP contribution in [0.25, 0.3) is 11.4 Å². The third kappa shape index (κ3) is 5.85. The highest BCUT2D eigenvalue weighted by Crippen LogP contribution is 2.27. The highest BCUT2D eigenvalue weighted by atomic mass is 19.1. The Morgan fingerprint density at radius 3 is 2.51 bits per heavy atom. The first-order valence-corrected chi connectivity index (χ1v) is 11.4. The van der Waals surface area contributed by atoms with Crippen molar-refractivity contribution >= 4 is 29.0 Å². The van der Waals surface area contributed by atoms with Crippen LogP contribution in [-0.2, 0) is 5.41 Å². The van der Waals surface area contributed by atoms with Crippen LogP contribution >= 0.6 is 0 Å². The van der Waals surface area contributed by atoms with Gasteiger partial charge in [-0.3, -0.25) is 4.79 Å². The van der Waals surface area contributed by atoms with Crippen LogP contribution in [0.15, 0.2) is 61.1 Å². The number of amides is 1. The van der Waals surface area contributed by atoms with Crippen molar-refractivity contribution in [2.24, 2.45) is 0 Å². The molecule has 0 radical (unpaired) electrons. The number of anilines is 4. The van der Waals surface area contributed by atoms with Crippen LogP contribution < -0.4 is 16.0 Å². The second-order valence-electron chi connectivity index (χ2n) is 8.89. The van der Waals surface area contributed by atoms with Crippen LogP contribution in [0.1, 0.15) is 35.3 Å². The molecule has 0 aliphatic carbocycles. The Balaban J connectivity index is 1.55. The number of rotatable bonds is 7. The van der Waals surface area contributed by atoms with Crippen molar-refractivity contribution in [1.82, 2.24) is 19.9 Å². The number of aromatic nitrogens is 4. The quantitative estimate of drug-likeness (QED) is 0.318. The zero-order valence-electron chi connectivity index (χ0n) is 20.8. The van der Waals surface area contributed by atoms with E-state index in [9.17, 15) is 14.4 Å². The topological polar surface area (TPSA) is 129 Å². The first-order valence-electron chi connectivity index (χ1n) is 11.4. The summed E-state index contributed by atoms with van der Waals surface area (Å²) >= 11 is 0. The molecule has 0 saturated heterocycles. The Morgan fingerprint density at radius 1 is 1.05 bits per heavy atom. The zero-order chi connectivity index (χ0) is 26.6. The van der Waals surface area contributed by atoms with Crippen molar-refractivity contribution in [2.75, 3.05) is 23.0 Å². The van der Waals surface area contributed by atoms with Crippen molar-refractivity contribution < 1.29 is 9.18 Å². The Morgan fingerprint density at radius 2 is 1.81 bits per heavy atom. The van der Waals surface area contributed by atoms with Gasteiger partial charge >= 0.3 is 0 Å². The van der Waals surface area contributed by atoms with Gasteiger partial charge in [-0.05, 0) is 68.3 Å². The first-order chi connectivity index (χ1) is 17.7. The van der Waals surface area contributed by atoms with Crippen LogP contribution in [-0.4, -0.2) is 32.9 Å². The third-order valence-corrected chi connectivity index (χ3v) is 5.71. The van der Waals surface area contributed by atoms with E-state index >= 15 is 0 Å². The molecule has 0 spiro atoms. The fourth-order valence-electron chi connectivity index (χ4n) is 3.46. The number of hydrogen-bond acceptors (Lipinski definition) is 8. The lowest BCUT2D eigenvalue weighted by atomic mass is 9.85. The van der Waals surface area contributed by atoms with Crippen molar-refractivity contribution in [3.8, 4) is 17.5 Å². The number of benzene rings is 2. The molecule has 2 aromatic heterocycles. The fraction of sp³-hybridized carbons (Fsp3) is 0.185. The zero-order valence-corrected chi connectivity index (χ0v) is 20.8. The van der Waals surface area contributed by atoms with Gasteiger partial charge in [0.25, 0.3) is 5.91 Å². The van der Waals surface area contributed by atoms with Crippen molar-refractivity contribution in [3.05, 3.63) is 83.6 Å². The van der Waals surface area contributed by atoms with Gasteiger partial charge in [0.05, 0.1) is 17.0 Å². The normalized spacial score (nSPS) is 10.9. The smallest absolute Gasteiger partial charge is 0.255 e. The van der Waals surface area contributed by atoms with Crippen LogP contribution in [0.5, 0.6) is 0 Å². The average molecular weight is 497 g/mol. The summed E-state index contributed by atoms with van der Waals surface area (Å²) in [5.74, 6) is 0.428. The molecule has 0 saturated carbocycles. The molecular weight excluding hydrogens is 471 g/mol. The third-order valence-electron chi connectivity index (χ3n) is 5.71. The van der Waals surface area contributed by atoms with Crippen LogP contribution in [0.4, 0.5) is 27.5 Å². The summed E-state index contributed by atoms with van der Waals surface area (Å²) in [6.45, 7) is 5.26. The predicted molar refractivity (Wildman–Crippen MR) is 140 cm³/mol. The Hall–Kier alpha value is -4.91. The molecule has 0 aliphatic heterocycles. The summed E-state index contributed by atoms with van der Waals surface area (Å²) < 4.78 is 14.2. The molecule has 3 N–H and O–H groups in total. The molecule has 2 heterocycles. The van der Waals surface area contributed by atoms with E-state index in [-0.39, 0.29) is 5.56 Å². The standard InChI is InChI=1S/C27H25FN8O/c1-16-5-6-21(34-25(37)17-9-19(11-20(28)10-17)27(2,3)15-29)12-22(16)35-23-7-8-31-24(36-23)18-13-32-26(30-4)33-14-18/h5-14H,1-4H3,(H,34,37)(H,30,32,33)(H,31,35,36). The summed E-state index contributed by atoms with van der Waals surface area (Å²) in [4.78, 5) is 30.1. The molecular formula is C27H25FN8O. The van der Waals surface area contributed by atoms with E-state index in [0.717, 1.165) is 17.3 Å². The van der Waals surface area contributed by atoms with Gasteiger partial charge in [0.2, 0.25) is 5.95 Å². The highest BCUT2D eigenvalue weighted by molar-refractivity contribution is 6.04. The number of aryl methyl sites for hydroxylation is 1. The minimum Gasteiger partial charge on any atom is -0.357 e. The molecule has 0 unspecified atom stereocenters. The van der Waals surface area contributed by atoms with E-state index in [1.807, 2.05) is 13.0 Å². The Labute approximate surface area is 213 Å². The molecule has 0 bridgehead atoms. The van der Waals surface area contributed by atoms with Crippen molar-refractivity contribution in [1.29, 1.82) is 5.26 Å². The number of nitriles is 1. The number of nitrogens with zero attached hydrogens (tertiary/aromatic N) is 5. The van der Waals surface area contributed by atoms with Gasteiger partial charge in [-0.2, -0.15) is 5.26 Å². The fourth-order valence-corrected chi connectivity index (χ4v) is 3.46. The minimum absolute atomic E-state index is 0.125. The van der Waals surface area contributed by atoms with Gasteiger partial charge in [0.15, 0.2) is 5.82 Å². The van der Waals surface area contributed by atoms with Crippen LogP contribution in [0.2, 0.25) is 0 Å². The van der Waals surface area contributed by atoms with E-state index in [0.29, 0.717) is 34.4 Å². The number of nitrogens with one attached hydrogen (secondary N) is 3. The maximum atomic E-state index is 14.2. The van der Waals surface area contributed by atoms with Crippen LogP contribution in [0, 0.1) is 24.1 Å². The highest BCUT2D eigenvalue weighted by Gasteiger charge is 2.22. The molecule has 1 amide bonds. The average Bonchev–Trinajstić information content (AvgIpc) is 2.90. The van der Waals surface area contributed by atoms with Crippen LogP contribution in [0.3, 0.4) is 0 Å². The summed E-state index contributed by atoms with van der Waals surface area (Å²) in [5, 5.41) is 18.3. The molecule has 37 heavy (non-hydrogen) atoms. The summed E-state index contributed by atoms with van der Waals surface area (Å²) in [5.41, 5.74) is 2.43. The van der Waals surface area contributed by atoms with E-state index in [1.54, 1.807) is 57.7 Å². The Kier molecular flexibility index (Phi) is 7.06. The van der Waals surface area contributed by atoms with Gasteiger partial charge in [-0.15, -0.1) is 0 Å². The van der Waals surface area contributed by atoms with Crippen molar-refractivity contribution in [3.63, 3.8) is 0 Å². The lowest BCUT2D eigenvalue weighted by Gasteiger charge is -2.17. The molecule has 186 valence electrons. The monoisotopic (exact) mass is 496 g/mol. The summed E-state index contributed by atoms with van der Waals surface area (Å²) in [7, 11) is 1.74. The largest absolute Gasteiger partial charge is 0.357 e. The molecule has 4 aromatic rings. The predicted octanol–water partition coefficient (Wildman–Crippen LogP) is 5.22. The molecule has 0 atom stereocenters. The lowest BCUT2D eigenvalue weighted by molar-refractivity contribution is 0.102. The first kappa shape index (κ1) is 25.2. The minimum atomic E-state index is -0.935. The molecule has 0 fully saturated rings. The van der Waals surface area contributed by atoms with E-state index < -0.39 is 17.1 Å². The number of carbonyl (C=O) groups excluding carboxylic acids is 1. The number of hydrogen-bond donors (Lipinski definition) is 3. The second kappa shape index (κ2) is 10.4. The van der Waals surface area contributed by atoms with Gasteiger partial charge in [0.1, 0.15) is 11.6 Å². The van der Waals surface area contributed by atoms with Gasteiger partial charge < -0.3 is 16.0 Å².